The van der Waals surface area contributed by atoms with E-state index in [2.05, 4.69) is 36.1 Å². The summed E-state index contributed by atoms with van der Waals surface area (Å²) in [5, 5.41) is 0. The van der Waals surface area contributed by atoms with Crippen molar-refractivity contribution in [2.24, 2.45) is 17.6 Å². The van der Waals surface area contributed by atoms with Crippen molar-refractivity contribution < 1.29 is 0 Å². The molecule has 1 saturated heterocycles. The lowest BCUT2D eigenvalue weighted by Crippen LogP contribution is -2.20. The maximum atomic E-state index is 6.06. The fraction of sp³-hybridized carbons (Fsp3) is 0.625. The van der Waals surface area contributed by atoms with E-state index in [9.17, 15) is 0 Å². The van der Waals surface area contributed by atoms with Crippen LogP contribution < -0.4 is 10.6 Å². The van der Waals surface area contributed by atoms with Crippen molar-refractivity contribution in [2.45, 2.75) is 38.6 Å². The topological polar surface area (TPSA) is 29.3 Å². The van der Waals surface area contributed by atoms with Crippen LogP contribution in [-0.2, 0) is 0 Å². The second-order valence-corrected chi connectivity index (χ2v) is 5.96. The molecule has 0 bridgehead atoms. The summed E-state index contributed by atoms with van der Waals surface area (Å²) in [7, 11) is 0. The van der Waals surface area contributed by atoms with Gasteiger partial charge in [0.25, 0.3) is 0 Å². The molecular formula is C16H24N2. The van der Waals surface area contributed by atoms with Gasteiger partial charge in [-0.05, 0) is 48.8 Å². The maximum Gasteiger partial charge on any atom is 0.0366 e. The van der Waals surface area contributed by atoms with Crippen LogP contribution in [0.5, 0.6) is 0 Å². The Kier molecular flexibility index (Phi) is 3.29. The van der Waals surface area contributed by atoms with E-state index in [-0.39, 0.29) is 6.04 Å². The molecule has 1 aliphatic carbocycles. The van der Waals surface area contributed by atoms with E-state index in [1.54, 1.807) is 0 Å². The average Bonchev–Trinajstić information content (AvgIpc) is 2.99. The van der Waals surface area contributed by atoms with Crippen molar-refractivity contribution in [3.63, 3.8) is 0 Å². The van der Waals surface area contributed by atoms with Crippen molar-refractivity contribution in [1.29, 1.82) is 0 Å². The third-order valence-corrected chi connectivity index (χ3v) is 4.85. The molecule has 98 valence electrons. The summed E-state index contributed by atoms with van der Waals surface area (Å²) in [6.45, 7) is 4.67. The van der Waals surface area contributed by atoms with Gasteiger partial charge >= 0.3 is 0 Å². The van der Waals surface area contributed by atoms with Crippen LogP contribution in [0.25, 0.3) is 0 Å². The van der Waals surface area contributed by atoms with Gasteiger partial charge in [-0.2, -0.15) is 0 Å². The smallest absolute Gasteiger partial charge is 0.0366 e. The molecular weight excluding hydrogens is 220 g/mol. The summed E-state index contributed by atoms with van der Waals surface area (Å²) in [4.78, 5) is 2.57. The first kappa shape index (κ1) is 12.0. The van der Waals surface area contributed by atoms with Crippen molar-refractivity contribution in [3.05, 3.63) is 29.8 Å². The zero-order chi connectivity index (χ0) is 12.5. The van der Waals surface area contributed by atoms with Crippen molar-refractivity contribution in [2.75, 3.05) is 18.0 Å². The van der Waals surface area contributed by atoms with E-state index in [0.717, 1.165) is 18.3 Å². The van der Waals surface area contributed by atoms with Crippen LogP contribution in [0.3, 0.4) is 0 Å². The molecule has 3 atom stereocenters. The number of rotatable bonds is 3. The predicted molar refractivity (Wildman–Crippen MR) is 76.7 cm³/mol. The minimum Gasteiger partial charge on any atom is -0.371 e. The average molecular weight is 244 g/mol. The van der Waals surface area contributed by atoms with Gasteiger partial charge in [-0.15, -0.1) is 0 Å². The molecule has 1 aromatic rings. The highest BCUT2D eigenvalue weighted by Crippen LogP contribution is 2.39. The lowest BCUT2D eigenvalue weighted by molar-refractivity contribution is 0.494. The van der Waals surface area contributed by atoms with Crippen molar-refractivity contribution in [3.8, 4) is 0 Å². The number of hydrogen-bond acceptors (Lipinski definition) is 2. The summed E-state index contributed by atoms with van der Waals surface area (Å²) in [6.07, 6.45) is 5.35. The second kappa shape index (κ2) is 4.93. The van der Waals surface area contributed by atoms with Crippen molar-refractivity contribution >= 4 is 5.69 Å². The van der Waals surface area contributed by atoms with Gasteiger partial charge in [-0.25, -0.2) is 0 Å². The Morgan fingerprint density at radius 2 is 1.78 bits per heavy atom. The van der Waals surface area contributed by atoms with Crippen LogP contribution in [-0.4, -0.2) is 13.1 Å². The summed E-state index contributed by atoms with van der Waals surface area (Å²) < 4.78 is 0. The molecule has 1 saturated carbocycles. The lowest BCUT2D eigenvalue weighted by atomic mass is 10.0. The molecule has 2 aliphatic rings. The summed E-state index contributed by atoms with van der Waals surface area (Å²) in [5.41, 5.74) is 8.71. The maximum absolute atomic E-state index is 6.06. The number of nitrogens with two attached hydrogens (primary N) is 1. The standard InChI is InChI=1S/C16H24N2/c1-2-16(17)12-6-8-15(9-7-12)18-10-13-4-3-5-14(13)11-18/h6-9,13-14,16H,2-5,10-11,17H2,1H3. The molecule has 2 nitrogen and oxygen atoms in total. The molecule has 0 radical (unpaired) electrons. The molecule has 1 aromatic carbocycles. The van der Waals surface area contributed by atoms with Crippen LogP contribution in [0.4, 0.5) is 5.69 Å². The predicted octanol–water partition coefficient (Wildman–Crippen LogP) is 3.33. The van der Waals surface area contributed by atoms with Gasteiger partial charge in [0.1, 0.15) is 0 Å². The molecule has 18 heavy (non-hydrogen) atoms. The van der Waals surface area contributed by atoms with Crippen molar-refractivity contribution in [1.82, 2.24) is 0 Å². The van der Waals surface area contributed by atoms with Crippen LogP contribution in [0.2, 0.25) is 0 Å². The van der Waals surface area contributed by atoms with Gasteiger partial charge in [-0.1, -0.05) is 25.5 Å². The monoisotopic (exact) mass is 244 g/mol. The fourth-order valence-corrected chi connectivity index (χ4v) is 3.61. The van der Waals surface area contributed by atoms with E-state index in [4.69, 9.17) is 5.73 Å². The highest BCUT2D eigenvalue weighted by molar-refractivity contribution is 5.49. The minimum absolute atomic E-state index is 0.192. The third kappa shape index (κ3) is 2.14. The molecule has 1 aliphatic heterocycles. The zero-order valence-corrected chi connectivity index (χ0v) is 11.3. The molecule has 2 fully saturated rings. The SMILES string of the molecule is CCC(N)c1ccc(N2CC3CCCC3C2)cc1. The van der Waals surface area contributed by atoms with E-state index in [0.29, 0.717) is 0 Å². The molecule has 0 spiro atoms. The van der Waals surface area contributed by atoms with E-state index >= 15 is 0 Å². The molecule has 0 aromatic heterocycles. The lowest BCUT2D eigenvalue weighted by Gasteiger charge is -2.20. The highest BCUT2D eigenvalue weighted by Gasteiger charge is 2.35. The fourth-order valence-electron chi connectivity index (χ4n) is 3.61. The molecule has 1 heterocycles. The van der Waals surface area contributed by atoms with E-state index < -0.39 is 0 Å². The Balaban J connectivity index is 1.70. The molecule has 3 unspecified atom stereocenters. The van der Waals surface area contributed by atoms with Crippen LogP contribution in [0.1, 0.15) is 44.2 Å². The van der Waals surface area contributed by atoms with Crippen LogP contribution in [0, 0.1) is 11.8 Å². The van der Waals surface area contributed by atoms with Gasteiger partial charge in [0, 0.05) is 24.8 Å². The number of fused-ring (bicyclic) bond motifs is 1. The number of anilines is 1. The quantitative estimate of drug-likeness (QED) is 0.883. The van der Waals surface area contributed by atoms with Crippen LogP contribution >= 0.6 is 0 Å². The first-order valence-electron chi connectivity index (χ1n) is 7.38. The highest BCUT2D eigenvalue weighted by atomic mass is 15.2. The van der Waals surface area contributed by atoms with Gasteiger partial charge in [-0.3, -0.25) is 0 Å². The Morgan fingerprint density at radius 3 is 2.33 bits per heavy atom. The largest absolute Gasteiger partial charge is 0.371 e. The molecule has 2 heteroatoms. The minimum atomic E-state index is 0.192. The van der Waals surface area contributed by atoms with Gasteiger partial charge in [0.05, 0.1) is 0 Å². The van der Waals surface area contributed by atoms with E-state index in [1.807, 2.05) is 0 Å². The Hall–Kier alpha value is -1.02. The molecule has 2 N–H and O–H groups in total. The first-order chi connectivity index (χ1) is 8.78. The third-order valence-electron chi connectivity index (χ3n) is 4.85. The van der Waals surface area contributed by atoms with Gasteiger partial charge < -0.3 is 10.6 Å². The van der Waals surface area contributed by atoms with Gasteiger partial charge in [0.2, 0.25) is 0 Å². The Morgan fingerprint density at radius 1 is 1.17 bits per heavy atom. The number of benzene rings is 1. The molecule has 0 amide bonds. The normalized spacial score (nSPS) is 28.4. The summed E-state index contributed by atoms with van der Waals surface area (Å²) >= 11 is 0. The Labute approximate surface area is 110 Å². The number of hydrogen-bond donors (Lipinski definition) is 1. The van der Waals surface area contributed by atoms with Gasteiger partial charge in [0.15, 0.2) is 0 Å². The number of nitrogens with zero attached hydrogens (tertiary/aromatic N) is 1. The molecule has 3 rings (SSSR count). The zero-order valence-electron chi connectivity index (χ0n) is 11.3. The van der Waals surface area contributed by atoms with Crippen LogP contribution in [0.15, 0.2) is 24.3 Å². The second-order valence-electron chi connectivity index (χ2n) is 5.96. The first-order valence-corrected chi connectivity index (χ1v) is 7.38. The summed E-state index contributed by atoms with van der Waals surface area (Å²) in [6, 6.07) is 9.12. The Bertz CT molecular complexity index is 386. The van der Waals surface area contributed by atoms with E-state index in [1.165, 1.54) is 43.6 Å². The summed E-state index contributed by atoms with van der Waals surface area (Å²) in [5.74, 6) is 1.92.